The van der Waals surface area contributed by atoms with Crippen molar-refractivity contribution in [2.24, 2.45) is 5.73 Å². The van der Waals surface area contributed by atoms with Gasteiger partial charge in [-0.1, -0.05) is 78.9 Å². The van der Waals surface area contributed by atoms with Crippen LogP contribution in [-0.2, 0) is 22.4 Å². The van der Waals surface area contributed by atoms with Gasteiger partial charge in [0.1, 0.15) is 6.04 Å². The fourth-order valence-corrected chi connectivity index (χ4v) is 3.86. The first-order valence-electron chi connectivity index (χ1n) is 9.44. The Hall–Kier alpha value is -3.40. The third kappa shape index (κ3) is 3.54. The van der Waals surface area contributed by atoms with Crippen molar-refractivity contribution < 1.29 is 9.59 Å². The lowest BCUT2D eigenvalue weighted by Crippen LogP contribution is -2.46. The summed E-state index contributed by atoms with van der Waals surface area (Å²) in [5.41, 5.74) is 10.8. The van der Waals surface area contributed by atoms with E-state index < -0.39 is 11.9 Å². The molecule has 1 aliphatic rings. The second-order valence-corrected chi connectivity index (χ2v) is 7.08. The Labute approximate surface area is 164 Å². The summed E-state index contributed by atoms with van der Waals surface area (Å²) < 4.78 is 0. The third-order valence-electron chi connectivity index (χ3n) is 5.29. The molecule has 0 spiro atoms. The minimum atomic E-state index is -0.693. The molecule has 0 radical (unpaired) electrons. The van der Waals surface area contributed by atoms with E-state index in [9.17, 15) is 9.59 Å². The lowest BCUT2D eigenvalue weighted by molar-refractivity contribution is -0.139. The van der Waals surface area contributed by atoms with E-state index >= 15 is 0 Å². The maximum Gasteiger partial charge on any atom is 0.244 e. The van der Waals surface area contributed by atoms with Crippen molar-refractivity contribution in [1.82, 2.24) is 4.90 Å². The first-order chi connectivity index (χ1) is 13.6. The van der Waals surface area contributed by atoms with E-state index in [4.69, 9.17) is 5.73 Å². The molecule has 2 amide bonds. The molecule has 0 aliphatic carbocycles. The van der Waals surface area contributed by atoms with Crippen LogP contribution < -0.4 is 5.73 Å². The standard InChI is InChI=1S/C24H22N2O2/c25-24(28)23-21-9-5-4-8-20(21)14-15-26(23)22(27)16-17-10-12-19(13-11-17)18-6-2-1-3-7-18/h1-13,23H,14-16H2,(H2,25,28). The topological polar surface area (TPSA) is 63.4 Å². The highest BCUT2D eigenvalue weighted by Crippen LogP contribution is 2.30. The van der Waals surface area contributed by atoms with E-state index in [0.717, 1.165) is 34.2 Å². The number of fused-ring (bicyclic) bond motifs is 1. The summed E-state index contributed by atoms with van der Waals surface area (Å²) in [5, 5.41) is 0. The first kappa shape index (κ1) is 18.0. The van der Waals surface area contributed by atoms with Crippen molar-refractivity contribution in [1.29, 1.82) is 0 Å². The number of carbonyl (C=O) groups is 2. The van der Waals surface area contributed by atoms with Crippen molar-refractivity contribution in [2.75, 3.05) is 6.54 Å². The van der Waals surface area contributed by atoms with Crippen molar-refractivity contribution in [2.45, 2.75) is 18.9 Å². The number of hydrogen-bond donors (Lipinski definition) is 1. The molecule has 4 rings (SSSR count). The summed E-state index contributed by atoms with van der Waals surface area (Å²) in [6.07, 6.45) is 0.986. The molecule has 140 valence electrons. The minimum Gasteiger partial charge on any atom is -0.368 e. The first-order valence-corrected chi connectivity index (χ1v) is 9.44. The molecule has 3 aromatic carbocycles. The predicted octanol–water partition coefficient (Wildman–Crippen LogP) is 3.51. The SMILES string of the molecule is NC(=O)C1c2ccccc2CCN1C(=O)Cc1ccc(-c2ccccc2)cc1. The van der Waals surface area contributed by atoms with Crippen LogP contribution in [0.5, 0.6) is 0 Å². The fourth-order valence-electron chi connectivity index (χ4n) is 3.86. The largest absolute Gasteiger partial charge is 0.368 e. The molecule has 0 aromatic heterocycles. The van der Waals surface area contributed by atoms with Gasteiger partial charge in [0.25, 0.3) is 0 Å². The van der Waals surface area contributed by atoms with Crippen LogP contribution in [0.25, 0.3) is 11.1 Å². The second-order valence-electron chi connectivity index (χ2n) is 7.08. The number of amides is 2. The quantitative estimate of drug-likeness (QED) is 0.764. The highest BCUT2D eigenvalue weighted by atomic mass is 16.2. The van der Waals surface area contributed by atoms with Crippen LogP contribution >= 0.6 is 0 Å². The maximum atomic E-state index is 13.0. The van der Waals surface area contributed by atoms with Crippen LogP contribution in [0.3, 0.4) is 0 Å². The molecule has 4 heteroatoms. The molecule has 1 aliphatic heterocycles. The van der Waals surface area contributed by atoms with E-state index in [2.05, 4.69) is 12.1 Å². The molecule has 1 unspecified atom stereocenters. The van der Waals surface area contributed by atoms with Gasteiger partial charge in [-0.2, -0.15) is 0 Å². The van der Waals surface area contributed by atoms with Crippen LogP contribution in [0.15, 0.2) is 78.9 Å². The molecular weight excluding hydrogens is 348 g/mol. The Balaban J connectivity index is 1.52. The van der Waals surface area contributed by atoms with Gasteiger partial charge in [0.15, 0.2) is 0 Å². The summed E-state index contributed by atoms with van der Waals surface area (Å²) in [7, 11) is 0. The van der Waals surface area contributed by atoms with Gasteiger partial charge in [0.2, 0.25) is 11.8 Å². The molecule has 0 saturated heterocycles. The number of rotatable bonds is 4. The van der Waals surface area contributed by atoms with Gasteiger partial charge < -0.3 is 10.6 Å². The van der Waals surface area contributed by atoms with Gasteiger partial charge in [0.05, 0.1) is 6.42 Å². The molecule has 1 atom stereocenters. The molecule has 3 aromatic rings. The lowest BCUT2D eigenvalue weighted by Gasteiger charge is -2.35. The smallest absolute Gasteiger partial charge is 0.244 e. The molecule has 2 N–H and O–H groups in total. The van der Waals surface area contributed by atoms with Gasteiger partial charge in [-0.3, -0.25) is 9.59 Å². The molecule has 4 nitrogen and oxygen atoms in total. The zero-order valence-corrected chi connectivity index (χ0v) is 15.5. The molecule has 28 heavy (non-hydrogen) atoms. The number of nitrogens with two attached hydrogens (primary N) is 1. The van der Waals surface area contributed by atoms with Gasteiger partial charge in [-0.15, -0.1) is 0 Å². The van der Waals surface area contributed by atoms with E-state index in [-0.39, 0.29) is 12.3 Å². The number of benzene rings is 3. The van der Waals surface area contributed by atoms with E-state index in [0.29, 0.717) is 6.54 Å². The zero-order chi connectivity index (χ0) is 19.5. The average molecular weight is 370 g/mol. The zero-order valence-electron chi connectivity index (χ0n) is 15.5. The van der Waals surface area contributed by atoms with Crippen LogP contribution in [0.4, 0.5) is 0 Å². The van der Waals surface area contributed by atoms with Crippen molar-refractivity contribution >= 4 is 11.8 Å². The van der Waals surface area contributed by atoms with Crippen molar-refractivity contribution in [3.05, 3.63) is 95.6 Å². The number of hydrogen-bond acceptors (Lipinski definition) is 2. The van der Waals surface area contributed by atoms with Crippen molar-refractivity contribution in [3.63, 3.8) is 0 Å². The Morgan fingerprint density at radius 2 is 1.50 bits per heavy atom. The fraction of sp³-hybridized carbons (Fsp3) is 0.167. The maximum absolute atomic E-state index is 13.0. The Kier molecular flexibility index (Phi) is 4.94. The van der Waals surface area contributed by atoms with Gasteiger partial charge in [-0.05, 0) is 34.2 Å². The molecule has 0 bridgehead atoms. The Morgan fingerprint density at radius 1 is 0.857 bits per heavy atom. The predicted molar refractivity (Wildman–Crippen MR) is 109 cm³/mol. The summed E-state index contributed by atoms with van der Waals surface area (Å²) in [6, 6.07) is 25.1. The number of primary amides is 1. The van der Waals surface area contributed by atoms with Crippen LogP contribution in [-0.4, -0.2) is 23.3 Å². The highest BCUT2D eigenvalue weighted by molar-refractivity contribution is 5.89. The number of carbonyl (C=O) groups excluding carboxylic acids is 2. The summed E-state index contributed by atoms with van der Waals surface area (Å²) in [4.78, 5) is 26.7. The van der Waals surface area contributed by atoms with E-state index in [1.165, 1.54) is 0 Å². The lowest BCUT2D eigenvalue weighted by atomic mass is 9.91. The number of nitrogens with zero attached hydrogens (tertiary/aromatic N) is 1. The van der Waals surface area contributed by atoms with Crippen LogP contribution in [0.1, 0.15) is 22.7 Å². The van der Waals surface area contributed by atoms with Crippen molar-refractivity contribution in [3.8, 4) is 11.1 Å². The van der Waals surface area contributed by atoms with Gasteiger partial charge in [0, 0.05) is 6.54 Å². The Morgan fingerprint density at radius 3 is 2.21 bits per heavy atom. The average Bonchev–Trinajstić information content (AvgIpc) is 2.74. The van der Waals surface area contributed by atoms with E-state index in [1.807, 2.05) is 66.7 Å². The van der Waals surface area contributed by atoms with Gasteiger partial charge in [-0.25, -0.2) is 0 Å². The molecular formula is C24H22N2O2. The van der Waals surface area contributed by atoms with Crippen LogP contribution in [0.2, 0.25) is 0 Å². The van der Waals surface area contributed by atoms with Gasteiger partial charge >= 0.3 is 0 Å². The summed E-state index contributed by atoms with van der Waals surface area (Å²) >= 11 is 0. The summed E-state index contributed by atoms with van der Waals surface area (Å²) in [5.74, 6) is -0.564. The second kappa shape index (κ2) is 7.69. The normalized spacial score (nSPS) is 15.7. The minimum absolute atomic E-state index is 0.0780. The van der Waals surface area contributed by atoms with E-state index in [1.54, 1.807) is 4.90 Å². The highest BCUT2D eigenvalue weighted by Gasteiger charge is 2.34. The molecule has 0 fully saturated rings. The van der Waals surface area contributed by atoms with Crippen LogP contribution in [0, 0.1) is 0 Å². The molecule has 1 heterocycles. The summed E-state index contributed by atoms with van der Waals surface area (Å²) in [6.45, 7) is 0.506. The third-order valence-corrected chi connectivity index (χ3v) is 5.29. The monoisotopic (exact) mass is 370 g/mol. The molecule has 0 saturated carbocycles. The Bertz CT molecular complexity index is 997.